The van der Waals surface area contributed by atoms with E-state index in [1.165, 1.54) is 0 Å². The Hall–Kier alpha value is -1.29. The van der Waals surface area contributed by atoms with Crippen molar-refractivity contribution in [2.45, 2.75) is 12.3 Å². The van der Waals surface area contributed by atoms with E-state index in [9.17, 15) is 9.59 Å². The molecule has 1 radical (unpaired) electrons. The van der Waals surface area contributed by atoms with Gasteiger partial charge in [0.15, 0.2) is 5.78 Å². The van der Waals surface area contributed by atoms with Crippen molar-refractivity contribution in [1.29, 1.82) is 0 Å². The zero-order valence-electron chi connectivity index (χ0n) is 13.1. The third kappa shape index (κ3) is 3.69. The van der Waals surface area contributed by atoms with Gasteiger partial charge >= 0.3 is 0 Å². The topological polar surface area (TPSA) is 43.4 Å². The molecule has 1 atom stereocenters. The summed E-state index contributed by atoms with van der Waals surface area (Å²) < 4.78 is 5.23. The molecule has 0 fully saturated rings. The number of benzene rings is 2. The molecule has 0 saturated carbocycles. The second kappa shape index (κ2) is 8.20. The molecular weight excluding hydrogens is 401 g/mol. The SMILES string of the molecule is COc1ccc2c(c1)C(C[C-]=O)=CC2C(=O)c1ccc(Cl)cc1.[Y]. The van der Waals surface area contributed by atoms with Gasteiger partial charge in [-0.05, 0) is 47.5 Å². The van der Waals surface area contributed by atoms with Crippen LogP contribution in [0.15, 0.2) is 48.5 Å². The Morgan fingerprint density at radius 3 is 2.54 bits per heavy atom. The first-order chi connectivity index (χ1) is 11.1. The Kier molecular flexibility index (Phi) is 6.50. The van der Waals surface area contributed by atoms with E-state index in [2.05, 4.69) is 0 Å². The molecule has 0 aromatic heterocycles. The summed E-state index contributed by atoms with van der Waals surface area (Å²) in [4.78, 5) is 23.6. The van der Waals surface area contributed by atoms with E-state index in [1.807, 2.05) is 30.6 Å². The van der Waals surface area contributed by atoms with Crippen molar-refractivity contribution in [2.75, 3.05) is 7.11 Å². The Labute approximate surface area is 170 Å². The summed E-state index contributed by atoms with van der Waals surface area (Å²) in [5.74, 6) is 0.273. The molecule has 119 valence electrons. The van der Waals surface area contributed by atoms with Crippen LogP contribution in [0.3, 0.4) is 0 Å². The molecule has 1 aliphatic carbocycles. The van der Waals surface area contributed by atoms with Crippen LogP contribution in [0.1, 0.15) is 33.8 Å². The van der Waals surface area contributed by atoms with Gasteiger partial charge in [0.25, 0.3) is 0 Å². The Balaban J connectivity index is 0.00000208. The number of ketones is 1. The van der Waals surface area contributed by atoms with Crippen molar-refractivity contribution in [3.05, 3.63) is 70.3 Å². The number of fused-ring (bicyclic) bond motifs is 1. The largest absolute Gasteiger partial charge is 0.541 e. The standard InChI is InChI=1S/C19H14ClO3.Y/c1-23-15-6-7-16-17(11-15)13(8-9-21)10-18(16)19(22)12-2-4-14(20)5-3-12;/h2-7,10-11,18H,8H2,1H3;/q-1;. The minimum atomic E-state index is -0.402. The summed E-state index contributed by atoms with van der Waals surface area (Å²) in [5.41, 5.74) is 3.16. The van der Waals surface area contributed by atoms with E-state index in [0.29, 0.717) is 16.3 Å². The molecule has 1 aliphatic rings. The van der Waals surface area contributed by atoms with Crippen LogP contribution in [0.5, 0.6) is 5.75 Å². The van der Waals surface area contributed by atoms with Gasteiger partial charge in [0, 0.05) is 43.3 Å². The molecule has 0 heterocycles. The molecule has 2 aromatic carbocycles. The van der Waals surface area contributed by atoms with Gasteiger partial charge in [-0.25, -0.2) is 0 Å². The van der Waals surface area contributed by atoms with Crippen molar-refractivity contribution >= 4 is 29.2 Å². The molecule has 1 unspecified atom stereocenters. The number of methoxy groups -OCH3 is 1. The van der Waals surface area contributed by atoms with E-state index < -0.39 is 5.92 Å². The molecule has 0 aliphatic heterocycles. The third-order valence-corrected chi connectivity index (χ3v) is 4.24. The summed E-state index contributed by atoms with van der Waals surface area (Å²) in [6.07, 6.45) is 3.90. The summed E-state index contributed by atoms with van der Waals surface area (Å²) in [7, 11) is 1.59. The number of allylic oxidation sites excluding steroid dienone is 2. The van der Waals surface area contributed by atoms with Gasteiger partial charge in [0.1, 0.15) is 5.75 Å². The Morgan fingerprint density at radius 1 is 1.21 bits per heavy atom. The zero-order chi connectivity index (χ0) is 16.4. The van der Waals surface area contributed by atoms with Crippen LogP contribution in [0.4, 0.5) is 0 Å². The number of hydrogen-bond donors (Lipinski definition) is 0. The summed E-state index contributed by atoms with van der Waals surface area (Å²) >= 11 is 5.87. The van der Waals surface area contributed by atoms with Crippen molar-refractivity contribution in [3.8, 4) is 5.75 Å². The number of halogens is 1. The van der Waals surface area contributed by atoms with Gasteiger partial charge in [-0.2, -0.15) is 0 Å². The first-order valence-corrected chi connectivity index (χ1v) is 7.55. The first-order valence-electron chi connectivity index (χ1n) is 7.18. The number of carbonyl (C=O) groups is 1. The molecule has 0 N–H and O–H groups in total. The van der Waals surface area contributed by atoms with Gasteiger partial charge in [-0.15, -0.1) is 6.42 Å². The van der Waals surface area contributed by atoms with Crippen LogP contribution in [-0.4, -0.2) is 19.2 Å². The fourth-order valence-electron chi connectivity index (χ4n) is 2.83. The maximum absolute atomic E-state index is 12.8. The average Bonchev–Trinajstić information content (AvgIpc) is 2.93. The summed E-state index contributed by atoms with van der Waals surface area (Å²) in [6, 6.07) is 12.4. The summed E-state index contributed by atoms with van der Waals surface area (Å²) in [5, 5.41) is 0.588. The van der Waals surface area contributed by atoms with E-state index >= 15 is 0 Å². The van der Waals surface area contributed by atoms with Crippen LogP contribution in [0.2, 0.25) is 5.02 Å². The number of Topliss-reactive ketones (excluding diaryl/α,β-unsaturated/α-hetero) is 1. The third-order valence-electron chi connectivity index (χ3n) is 3.98. The van der Waals surface area contributed by atoms with Crippen LogP contribution in [-0.2, 0) is 37.5 Å². The maximum Gasteiger partial charge on any atom is 0.174 e. The number of ether oxygens (including phenoxy) is 1. The van der Waals surface area contributed by atoms with Gasteiger partial charge in [0.05, 0.1) is 13.0 Å². The quantitative estimate of drug-likeness (QED) is 0.544. The van der Waals surface area contributed by atoms with Crippen molar-refractivity contribution in [1.82, 2.24) is 0 Å². The number of hydrogen-bond acceptors (Lipinski definition) is 3. The van der Waals surface area contributed by atoms with E-state index in [4.69, 9.17) is 16.3 Å². The van der Waals surface area contributed by atoms with E-state index in [-0.39, 0.29) is 44.9 Å². The normalized spacial score (nSPS) is 15.1. The van der Waals surface area contributed by atoms with Crippen LogP contribution in [0.25, 0.3) is 5.57 Å². The van der Waals surface area contributed by atoms with Gasteiger partial charge < -0.3 is 9.53 Å². The number of carbonyl (C=O) groups excluding carboxylic acids is 2. The number of rotatable bonds is 5. The monoisotopic (exact) mass is 414 g/mol. The van der Waals surface area contributed by atoms with Crippen LogP contribution >= 0.6 is 11.6 Å². The maximum atomic E-state index is 12.8. The van der Waals surface area contributed by atoms with Crippen molar-refractivity contribution in [3.63, 3.8) is 0 Å². The zero-order valence-corrected chi connectivity index (χ0v) is 16.7. The molecule has 24 heavy (non-hydrogen) atoms. The Morgan fingerprint density at radius 2 is 1.92 bits per heavy atom. The first kappa shape index (κ1) is 19.0. The molecule has 0 spiro atoms. The molecule has 3 nitrogen and oxygen atoms in total. The van der Waals surface area contributed by atoms with Crippen molar-refractivity contribution < 1.29 is 47.0 Å². The molecule has 5 heteroatoms. The van der Waals surface area contributed by atoms with Crippen LogP contribution in [0, 0.1) is 0 Å². The van der Waals surface area contributed by atoms with Crippen molar-refractivity contribution in [2.24, 2.45) is 0 Å². The predicted molar refractivity (Wildman–Crippen MR) is 89.8 cm³/mol. The van der Waals surface area contributed by atoms with Gasteiger partial charge in [0.2, 0.25) is 0 Å². The molecule has 3 rings (SSSR count). The fourth-order valence-corrected chi connectivity index (χ4v) is 2.96. The van der Waals surface area contributed by atoms with Gasteiger partial charge in [-0.1, -0.05) is 29.3 Å². The Bertz CT molecular complexity index is 797. The van der Waals surface area contributed by atoms with Crippen LogP contribution < -0.4 is 4.74 Å². The predicted octanol–water partition coefficient (Wildman–Crippen LogP) is 4.21. The molecular formula is C19H14ClO3Y-. The minimum Gasteiger partial charge on any atom is -0.541 e. The average molecular weight is 415 g/mol. The minimum absolute atomic E-state index is 0. The second-order valence-electron chi connectivity index (χ2n) is 5.32. The fraction of sp³-hybridized carbons (Fsp3) is 0.158. The van der Waals surface area contributed by atoms with E-state index in [0.717, 1.165) is 16.7 Å². The molecule has 0 saturated heterocycles. The molecule has 0 bridgehead atoms. The van der Waals surface area contributed by atoms with Gasteiger partial charge in [-0.3, -0.25) is 11.1 Å². The molecule has 0 amide bonds. The smallest absolute Gasteiger partial charge is 0.174 e. The summed E-state index contributed by atoms with van der Waals surface area (Å²) in [6.45, 7) is 0. The molecule has 2 aromatic rings. The van der Waals surface area contributed by atoms with E-state index in [1.54, 1.807) is 31.4 Å². The second-order valence-corrected chi connectivity index (χ2v) is 5.75.